The summed E-state index contributed by atoms with van der Waals surface area (Å²) in [6.45, 7) is 6.30. The highest BCUT2D eigenvalue weighted by Crippen LogP contribution is 2.08. The summed E-state index contributed by atoms with van der Waals surface area (Å²) in [5.41, 5.74) is 1.72. The molecule has 0 heterocycles. The number of rotatable bonds is 5. The zero-order chi connectivity index (χ0) is 12.7. The fourth-order valence-corrected chi connectivity index (χ4v) is 1.25. The Morgan fingerprint density at radius 3 is 2.59 bits per heavy atom. The first-order chi connectivity index (χ1) is 8.08. The number of esters is 1. The van der Waals surface area contributed by atoms with Gasteiger partial charge in [0.15, 0.2) is 0 Å². The molecule has 0 aliphatic carbocycles. The van der Waals surface area contributed by atoms with Gasteiger partial charge in [0.25, 0.3) is 0 Å². The molecule has 0 fully saturated rings. The Labute approximate surface area is 102 Å². The number of carbonyl (C=O) groups is 1. The largest absolute Gasteiger partial charge is 0.462 e. The Bertz CT molecular complexity index is 382. The molecule has 0 radical (unpaired) electrons. The van der Waals surface area contributed by atoms with E-state index >= 15 is 0 Å². The highest BCUT2D eigenvalue weighted by Gasteiger charge is 2.01. The summed E-state index contributed by atoms with van der Waals surface area (Å²) >= 11 is 0. The molecule has 1 N–H and O–H groups in total. The molecule has 0 aliphatic rings. The number of benzene rings is 1. The van der Waals surface area contributed by atoms with Gasteiger partial charge in [0, 0.05) is 17.5 Å². The van der Waals surface area contributed by atoms with Crippen LogP contribution < -0.4 is 5.32 Å². The highest BCUT2D eigenvalue weighted by atomic mass is 16.5. The van der Waals surface area contributed by atoms with Crippen molar-refractivity contribution >= 4 is 11.7 Å². The molecule has 0 unspecified atom stereocenters. The van der Waals surface area contributed by atoms with Crippen molar-refractivity contribution in [2.45, 2.75) is 20.8 Å². The quantitative estimate of drug-likeness (QED) is 0.627. The van der Waals surface area contributed by atoms with Crippen molar-refractivity contribution in [2.75, 3.05) is 11.9 Å². The topological polar surface area (TPSA) is 38.3 Å². The van der Waals surface area contributed by atoms with E-state index in [0.29, 0.717) is 12.5 Å². The Morgan fingerprint density at radius 2 is 2.00 bits per heavy atom. The van der Waals surface area contributed by atoms with E-state index in [1.54, 1.807) is 0 Å². The van der Waals surface area contributed by atoms with Crippen LogP contribution in [0.15, 0.2) is 42.1 Å². The number of hydrogen-bond donors (Lipinski definition) is 1. The summed E-state index contributed by atoms with van der Waals surface area (Å²) in [5, 5.41) is 3.12. The maximum atomic E-state index is 11.4. The average molecular weight is 233 g/mol. The summed E-state index contributed by atoms with van der Waals surface area (Å²) in [7, 11) is 0. The fourth-order valence-electron chi connectivity index (χ4n) is 1.25. The van der Waals surface area contributed by atoms with Crippen LogP contribution in [-0.4, -0.2) is 12.6 Å². The van der Waals surface area contributed by atoms with Gasteiger partial charge in [0.05, 0.1) is 6.61 Å². The minimum Gasteiger partial charge on any atom is -0.462 e. The molecule has 0 atom stereocenters. The van der Waals surface area contributed by atoms with Crippen molar-refractivity contribution in [1.82, 2.24) is 0 Å². The first kappa shape index (κ1) is 13.3. The van der Waals surface area contributed by atoms with Crippen LogP contribution in [0.5, 0.6) is 0 Å². The van der Waals surface area contributed by atoms with Gasteiger partial charge in [-0.15, -0.1) is 0 Å². The normalized spacial score (nSPS) is 11.4. The lowest BCUT2D eigenvalue weighted by atomic mass is 10.2. The lowest BCUT2D eigenvalue weighted by Gasteiger charge is -2.07. The van der Waals surface area contributed by atoms with Crippen molar-refractivity contribution in [1.29, 1.82) is 0 Å². The summed E-state index contributed by atoms with van der Waals surface area (Å²) in [5.74, 6) is 0.0503. The summed E-state index contributed by atoms with van der Waals surface area (Å²) in [6.07, 6.45) is 1.47. The third kappa shape index (κ3) is 5.76. The van der Waals surface area contributed by atoms with Crippen LogP contribution in [-0.2, 0) is 9.53 Å². The molecule has 3 heteroatoms. The molecule has 1 aromatic rings. The Hall–Kier alpha value is -1.77. The SMILES string of the molecule is CC(=CC(=O)OCC(C)C)Nc1ccccc1. The van der Waals surface area contributed by atoms with E-state index in [9.17, 15) is 4.79 Å². The van der Waals surface area contributed by atoms with Crippen molar-refractivity contribution in [3.8, 4) is 0 Å². The molecule has 3 nitrogen and oxygen atoms in total. The van der Waals surface area contributed by atoms with E-state index in [0.717, 1.165) is 11.4 Å². The van der Waals surface area contributed by atoms with Crippen LogP contribution in [0.1, 0.15) is 20.8 Å². The highest BCUT2D eigenvalue weighted by molar-refractivity contribution is 5.83. The van der Waals surface area contributed by atoms with E-state index in [2.05, 4.69) is 5.32 Å². The molecule has 1 aromatic carbocycles. The lowest BCUT2D eigenvalue weighted by Crippen LogP contribution is -2.09. The Balaban J connectivity index is 2.46. The fraction of sp³-hybridized carbons (Fsp3) is 0.357. The minimum absolute atomic E-state index is 0.306. The molecular formula is C14H19NO2. The van der Waals surface area contributed by atoms with E-state index in [1.807, 2.05) is 51.1 Å². The molecular weight excluding hydrogens is 214 g/mol. The third-order valence-electron chi connectivity index (χ3n) is 2.01. The van der Waals surface area contributed by atoms with Crippen LogP contribution in [0.25, 0.3) is 0 Å². The number of anilines is 1. The molecule has 0 amide bonds. The summed E-state index contributed by atoms with van der Waals surface area (Å²) in [6, 6.07) is 9.70. The second-order valence-electron chi connectivity index (χ2n) is 4.34. The number of carbonyl (C=O) groups excluding carboxylic acids is 1. The van der Waals surface area contributed by atoms with Gasteiger partial charge in [-0.2, -0.15) is 0 Å². The zero-order valence-corrected chi connectivity index (χ0v) is 10.6. The van der Waals surface area contributed by atoms with Crippen LogP contribution >= 0.6 is 0 Å². The van der Waals surface area contributed by atoms with E-state index in [1.165, 1.54) is 6.08 Å². The number of nitrogens with one attached hydrogen (secondary N) is 1. The van der Waals surface area contributed by atoms with Crippen LogP contribution in [0, 0.1) is 5.92 Å². The standard InChI is InChI=1S/C14H19NO2/c1-11(2)10-17-14(16)9-12(3)15-13-7-5-4-6-8-13/h4-9,11,15H,10H2,1-3H3. The minimum atomic E-state index is -0.306. The number of allylic oxidation sites excluding steroid dienone is 1. The van der Waals surface area contributed by atoms with Crippen molar-refractivity contribution < 1.29 is 9.53 Å². The molecule has 92 valence electrons. The first-order valence-corrected chi connectivity index (χ1v) is 5.75. The zero-order valence-electron chi connectivity index (χ0n) is 10.6. The molecule has 0 bridgehead atoms. The van der Waals surface area contributed by atoms with Gasteiger partial charge in [0.2, 0.25) is 0 Å². The predicted molar refractivity (Wildman–Crippen MR) is 69.6 cm³/mol. The van der Waals surface area contributed by atoms with Crippen molar-refractivity contribution in [2.24, 2.45) is 5.92 Å². The molecule has 17 heavy (non-hydrogen) atoms. The molecule has 0 spiro atoms. The molecule has 0 saturated heterocycles. The third-order valence-corrected chi connectivity index (χ3v) is 2.01. The van der Waals surface area contributed by atoms with Crippen LogP contribution in [0.4, 0.5) is 5.69 Å². The summed E-state index contributed by atoms with van der Waals surface area (Å²) < 4.78 is 5.06. The molecule has 0 saturated carbocycles. The van der Waals surface area contributed by atoms with Crippen LogP contribution in [0.2, 0.25) is 0 Å². The maximum absolute atomic E-state index is 11.4. The van der Waals surface area contributed by atoms with Gasteiger partial charge >= 0.3 is 5.97 Å². The van der Waals surface area contributed by atoms with Crippen molar-refractivity contribution in [3.63, 3.8) is 0 Å². The number of ether oxygens (including phenoxy) is 1. The van der Waals surface area contributed by atoms with Gasteiger partial charge in [-0.1, -0.05) is 32.0 Å². The second kappa shape index (κ2) is 6.74. The maximum Gasteiger partial charge on any atom is 0.332 e. The smallest absolute Gasteiger partial charge is 0.332 e. The molecule has 0 aliphatic heterocycles. The van der Waals surface area contributed by atoms with Gasteiger partial charge in [0.1, 0.15) is 0 Å². The lowest BCUT2D eigenvalue weighted by molar-refractivity contribution is -0.138. The van der Waals surface area contributed by atoms with E-state index in [-0.39, 0.29) is 5.97 Å². The number of hydrogen-bond acceptors (Lipinski definition) is 3. The predicted octanol–water partition coefficient (Wildman–Crippen LogP) is 3.20. The molecule has 1 rings (SSSR count). The van der Waals surface area contributed by atoms with E-state index < -0.39 is 0 Å². The summed E-state index contributed by atoms with van der Waals surface area (Å²) in [4.78, 5) is 11.4. The van der Waals surface area contributed by atoms with Gasteiger partial charge in [-0.05, 0) is 25.0 Å². The average Bonchev–Trinajstić information content (AvgIpc) is 2.27. The van der Waals surface area contributed by atoms with E-state index in [4.69, 9.17) is 4.74 Å². The Morgan fingerprint density at radius 1 is 1.35 bits per heavy atom. The van der Waals surface area contributed by atoms with Gasteiger partial charge in [-0.3, -0.25) is 0 Å². The first-order valence-electron chi connectivity index (χ1n) is 5.75. The van der Waals surface area contributed by atoms with Crippen molar-refractivity contribution in [3.05, 3.63) is 42.1 Å². The van der Waals surface area contributed by atoms with Gasteiger partial charge in [-0.25, -0.2) is 4.79 Å². The Kier molecular flexibility index (Phi) is 5.27. The number of para-hydroxylation sites is 1. The van der Waals surface area contributed by atoms with Crippen LogP contribution in [0.3, 0.4) is 0 Å². The molecule has 0 aromatic heterocycles. The van der Waals surface area contributed by atoms with Gasteiger partial charge < -0.3 is 10.1 Å². The second-order valence-corrected chi connectivity index (χ2v) is 4.34. The monoisotopic (exact) mass is 233 g/mol.